The largest absolute Gasteiger partial charge is 0.444 e. The van der Waals surface area contributed by atoms with Gasteiger partial charge in [0.25, 0.3) is 0 Å². The fourth-order valence-corrected chi connectivity index (χ4v) is 4.03. The van der Waals surface area contributed by atoms with Crippen molar-refractivity contribution in [3.8, 4) is 0 Å². The van der Waals surface area contributed by atoms with E-state index in [1.165, 1.54) is 0 Å². The number of ether oxygens (including phenoxy) is 2. The van der Waals surface area contributed by atoms with Crippen molar-refractivity contribution in [2.45, 2.75) is 51.3 Å². The number of morpholine rings is 1. The zero-order chi connectivity index (χ0) is 19.8. The highest BCUT2D eigenvalue weighted by molar-refractivity contribution is 6.03. The van der Waals surface area contributed by atoms with Gasteiger partial charge in [0, 0.05) is 31.3 Å². The van der Waals surface area contributed by atoms with Gasteiger partial charge in [0.15, 0.2) is 5.78 Å². The highest BCUT2D eigenvalue weighted by Crippen LogP contribution is 2.36. The lowest BCUT2D eigenvalue weighted by Crippen LogP contribution is -2.60. The van der Waals surface area contributed by atoms with Crippen LogP contribution in [0, 0.1) is 5.92 Å². The van der Waals surface area contributed by atoms with Crippen LogP contribution in [0.25, 0.3) is 0 Å². The highest BCUT2D eigenvalue weighted by Gasteiger charge is 2.45. The molecule has 2 fully saturated rings. The number of anilines is 1. The second-order valence-corrected chi connectivity index (χ2v) is 8.68. The first-order chi connectivity index (χ1) is 12.7. The number of benzene rings is 1. The Kier molecular flexibility index (Phi) is 5.47. The molecule has 1 aromatic rings. The molecule has 1 aromatic carbocycles. The Balaban J connectivity index is 1.79. The maximum Gasteiger partial charge on any atom is 0.410 e. The summed E-state index contributed by atoms with van der Waals surface area (Å²) >= 11 is 0. The standard InChI is InChI=1S/C21H30N2O4/c1-21(2,3)27-20(25)23-15-10-14(11-16(23)13-26-12-15)19(24)17-8-6-7-9-18(17)22(4)5/h6-9,14-16H,10-13H2,1-5H3. The van der Waals surface area contributed by atoms with Gasteiger partial charge in [-0.25, -0.2) is 4.79 Å². The van der Waals surface area contributed by atoms with Gasteiger partial charge in [-0.15, -0.1) is 0 Å². The third-order valence-electron chi connectivity index (χ3n) is 5.15. The molecule has 27 heavy (non-hydrogen) atoms. The van der Waals surface area contributed by atoms with Crippen molar-refractivity contribution in [3.63, 3.8) is 0 Å². The zero-order valence-corrected chi connectivity index (χ0v) is 16.9. The van der Waals surface area contributed by atoms with E-state index in [0.29, 0.717) is 26.1 Å². The number of rotatable bonds is 3. The smallest absolute Gasteiger partial charge is 0.410 e. The lowest BCUT2D eigenvalue weighted by atomic mass is 9.80. The fourth-order valence-electron chi connectivity index (χ4n) is 4.03. The number of Topliss-reactive ketones (excluding diaryl/α,β-unsaturated/α-hetero) is 1. The molecule has 0 aliphatic carbocycles. The molecule has 2 atom stereocenters. The van der Waals surface area contributed by atoms with Crippen LogP contribution in [0.1, 0.15) is 44.0 Å². The number of piperidine rings is 1. The summed E-state index contributed by atoms with van der Waals surface area (Å²) in [5.41, 5.74) is 1.14. The first kappa shape index (κ1) is 19.7. The molecule has 0 N–H and O–H groups in total. The molecular weight excluding hydrogens is 344 g/mol. The summed E-state index contributed by atoms with van der Waals surface area (Å²) in [6.07, 6.45) is 0.910. The van der Waals surface area contributed by atoms with Crippen LogP contribution in [-0.2, 0) is 9.47 Å². The number of para-hydroxylation sites is 1. The number of hydrogen-bond donors (Lipinski definition) is 0. The number of fused-ring (bicyclic) bond motifs is 2. The van der Waals surface area contributed by atoms with Crippen molar-refractivity contribution >= 4 is 17.6 Å². The van der Waals surface area contributed by atoms with Crippen molar-refractivity contribution in [2.24, 2.45) is 5.92 Å². The molecule has 148 valence electrons. The van der Waals surface area contributed by atoms with Crippen LogP contribution in [0.2, 0.25) is 0 Å². The highest BCUT2D eigenvalue weighted by atomic mass is 16.6. The van der Waals surface area contributed by atoms with Gasteiger partial charge < -0.3 is 14.4 Å². The average Bonchev–Trinajstić information content (AvgIpc) is 2.58. The van der Waals surface area contributed by atoms with Crippen LogP contribution < -0.4 is 4.90 Å². The zero-order valence-electron chi connectivity index (χ0n) is 16.9. The summed E-state index contributed by atoms with van der Waals surface area (Å²) in [6, 6.07) is 7.47. The van der Waals surface area contributed by atoms with Crippen LogP contribution in [0.15, 0.2) is 24.3 Å². The van der Waals surface area contributed by atoms with Gasteiger partial charge >= 0.3 is 6.09 Å². The molecule has 0 spiro atoms. The maximum atomic E-state index is 13.3. The second-order valence-electron chi connectivity index (χ2n) is 8.68. The first-order valence-corrected chi connectivity index (χ1v) is 9.57. The summed E-state index contributed by atoms with van der Waals surface area (Å²) < 4.78 is 11.3. The van der Waals surface area contributed by atoms with Crippen molar-refractivity contribution < 1.29 is 19.1 Å². The van der Waals surface area contributed by atoms with Crippen LogP contribution in [-0.4, -0.2) is 61.8 Å². The Hall–Kier alpha value is -2.08. The molecule has 2 heterocycles. The Morgan fingerprint density at radius 3 is 2.26 bits per heavy atom. The van der Waals surface area contributed by atoms with E-state index >= 15 is 0 Å². The topological polar surface area (TPSA) is 59.1 Å². The summed E-state index contributed by atoms with van der Waals surface area (Å²) in [4.78, 5) is 29.7. The van der Waals surface area contributed by atoms with Crippen LogP contribution in [0.4, 0.5) is 10.5 Å². The molecule has 6 heteroatoms. The minimum absolute atomic E-state index is 0.108. The van der Waals surface area contributed by atoms with Gasteiger partial charge in [0.05, 0.1) is 25.3 Å². The lowest BCUT2D eigenvalue weighted by Gasteiger charge is -2.48. The monoisotopic (exact) mass is 374 g/mol. The maximum absolute atomic E-state index is 13.3. The Morgan fingerprint density at radius 2 is 1.70 bits per heavy atom. The molecule has 2 bridgehead atoms. The van der Waals surface area contributed by atoms with Crippen molar-refractivity contribution in [3.05, 3.63) is 29.8 Å². The van der Waals surface area contributed by atoms with E-state index in [1.54, 1.807) is 4.90 Å². The van der Waals surface area contributed by atoms with E-state index in [9.17, 15) is 9.59 Å². The van der Waals surface area contributed by atoms with Crippen LogP contribution in [0.5, 0.6) is 0 Å². The van der Waals surface area contributed by atoms with Gasteiger partial charge in [-0.3, -0.25) is 9.69 Å². The number of carbonyl (C=O) groups is 2. The predicted molar refractivity (Wildman–Crippen MR) is 104 cm³/mol. The molecule has 1 amide bonds. The van der Waals surface area contributed by atoms with Gasteiger partial charge in [-0.1, -0.05) is 12.1 Å². The summed E-state index contributed by atoms with van der Waals surface area (Å²) in [5, 5.41) is 0. The van der Waals surface area contributed by atoms with Crippen molar-refractivity contribution in [1.29, 1.82) is 0 Å². The normalized spacial score (nSPS) is 25.1. The molecule has 2 aliphatic rings. The molecule has 0 aromatic heterocycles. The number of amides is 1. The van der Waals surface area contributed by atoms with Gasteiger partial charge in [-0.05, 0) is 45.7 Å². The third kappa shape index (κ3) is 4.26. The SMILES string of the molecule is CN(C)c1ccccc1C(=O)C1CC2COCC(C1)N2C(=O)OC(C)(C)C. The van der Waals surface area contributed by atoms with Gasteiger partial charge in [-0.2, -0.15) is 0 Å². The first-order valence-electron chi connectivity index (χ1n) is 9.57. The molecular formula is C21H30N2O4. The second kappa shape index (κ2) is 7.50. The summed E-state index contributed by atoms with van der Waals surface area (Å²) in [7, 11) is 3.89. The number of nitrogens with zero attached hydrogens (tertiary/aromatic N) is 2. The minimum atomic E-state index is -0.538. The van der Waals surface area contributed by atoms with E-state index in [1.807, 2.05) is 64.0 Å². The third-order valence-corrected chi connectivity index (χ3v) is 5.15. The Morgan fingerprint density at radius 1 is 1.11 bits per heavy atom. The lowest BCUT2D eigenvalue weighted by molar-refractivity contribution is -0.0861. The molecule has 3 rings (SSSR count). The summed E-state index contributed by atoms with van der Waals surface area (Å²) in [5.74, 6) is 0.0451. The van der Waals surface area contributed by atoms with Gasteiger partial charge in [0.1, 0.15) is 5.60 Å². The van der Waals surface area contributed by atoms with Gasteiger partial charge in [0.2, 0.25) is 0 Å². The Bertz CT molecular complexity index is 696. The quantitative estimate of drug-likeness (QED) is 0.760. The van der Waals surface area contributed by atoms with Crippen molar-refractivity contribution in [1.82, 2.24) is 4.90 Å². The van der Waals surface area contributed by atoms with E-state index < -0.39 is 5.60 Å². The number of hydrogen-bond acceptors (Lipinski definition) is 5. The molecule has 2 saturated heterocycles. The number of carbonyl (C=O) groups excluding carboxylic acids is 2. The Labute approximate surface area is 161 Å². The van der Waals surface area contributed by atoms with E-state index in [0.717, 1.165) is 11.3 Å². The predicted octanol–water partition coefficient (Wildman–Crippen LogP) is 3.35. The molecule has 2 aliphatic heterocycles. The van der Waals surface area contributed by atoms with Crippen LogP contribution in [0.3, 0.4) is 0 Å². The average molecular weight is 374 g/mol. The molecule has 0 radical (unpaired) electrons. The molecule has 6 nitrogen and oxygen atoms in total. The molecule has 2 unspecified atom stereocenters. The number of ketones is 1. The minimum Gasteiger partial charge on any atom is -0.444 e. The summed E-state index contributed by atoms with van der Waals surface area (Å²) in [6.45, 7) is 6.51. The van der Waals surface area contributed by atoms with E-state index in [2.05, 4.69) is 0 Å². The van der Waals surface area contributed by atoms with Crippen LogP contribution >= 0.6 is 0 Å². The van der Waals surface area contributed by atoms with E-state index in [-0.39, 0.29) is 29.9 Å². The molecule has 0 saturated carbocycles. The fraction of sp³-hybridized carbons (Fsp3) is 0.619. The van der Waals surface area contributed by atoms with E-state index in [4.69, 9.17) is 9.47 Å². The van der Waals surface area contributed by atoms with Crippen molar-refractivity contribution in [2.75, 3.05) is 32.2 Å².